The third kappa shape index (κ3) is 2.13. The quantitative estimate of drug-likeness (QED) is 0.410. The number of fused-ring (bicyclic) bond motifs is 3. The van der Waals surface area contributed by atoms with Crippen LogP contribution >= 0.6 is 11.3 Å². The summed E-state index contributed by atoms with van der Waals surface area (Å²) in [5.41, 5.74) is 6.69. The van der Waals surface area contributed by atoms with Crippen molar-refractivity contribution in [2.75, 3.05) is 0 Å². The summed E-state index contributed by atoms with van der Waals surface area (Å²) in [4.78, 5) is 27.8. The SMILES string of the molecule is O=c1/c(=C/C2=CC([N+](=O)[O-])=C=C=C2)sc2nc3ccccc3n12. The summed E-state index contributed by atoms with van der Waals surface area (Å²) in [6, 6.07) is 7.40. The fourth-order valence-corrected chi connectivity index (χ4v) is 3.36. The molecule has 0 unspecified atom stereocenters. The minimum atomic E-state index is -0.541. The second-order valence-electron chi connectivity index (χ2n) is 4.83. The van der Waals surface area contributed by atoms with Gasteiger partial charge in [0.1, 0.15) is 0 Å². The molecule has 0 spiro atoms. The van der Waals surface area contributed by atoms with Crippen molar-refractivity contribution in [1.29, 1.82) is 0 Å². The lowest BCUT2D eigenvalue weighted by molar-refractivity contribution is -0.418. The molecule has 0 atom stereocenters. The van der Waals surface area contributed by atoms with Crippen LogP contribution in [-0.2, 0) is 0 Å². The molecule has 4 rings (SSSR count). The van der Waals surface area contributed by atoms with Crippen molar-refractivity contribution in [3.05, 3.63) is 84.2 Å². The molecule has 23 heavy (non-hydrogen) atoms. The van der Waals surface area contributed by atoms with E-state index in [1.54, 1.807) is 16.6 Å². The number of hydrogen-bond donors (Lipinski definition) is 0. The monoisotopic (exact) mass is 321 g/mol. The van der Waals surface area contributed by atoms with Gasteiger partial charge in [0.05, 0.1) is 20.5 Å². The van der Waals surface area contributed by atoms with Gasteiger partial charge in [-0.25, -0.2) is 9.38 Å². The maximum absolute atomic E-state index is 12.6. The zero-order chi connectivity index (χ0) is 16.0. The molecule has 0 saturated carbocycles. The van der Waals surface area contributed by atoms with Crippen LogP contribution in [0.1, 0.15) is 0 Å². The average molecular weight is 321 g/mol. The summed E-state index contributed by atoms with van der Waals surface area (Å²) in [7, 11) is 0. The van der Waals surface area contributed by atoms with Gasteiger partial charge >= 0.3 is 5.70 Å². The van der Waals surface area contributed by atoms with Gasteiger partial charge in [0.25, 0.3) is 5.56 Å². The average Bonchev–Trinajstić information content (AvgIpc) is 3.05. The first-order valence-electron chi connectivity index (χ1n) is 6.63. The molecule has 3 aromatic rings. The number of rotatable bonds is 2. The topological polar surface area (TPSA) is 77.5 Å². The standard InChI is InChI=1S/C16H7N3O3S/c20-15-14(9-10-4-3-5-11(8-10)19(21)22)23-16-17-12-6-1-2-7-13(12)18(15)16/h1-2,4,6-9H/b14-9-. The summed E-state index contributed by atoms with van der Waals surface area (Å²) in [5, 5.41) is 10.8. The van der Waals surface area contributed by atoms with Crippen LogP contribution < -0.4 is 10.1 Å². The molecule has 2 aromatic heterocycles. The first-order valence-corrected chi connectivity index (χ1v) is 7.45. The van der Waals surface area contributed by atoms with Gasteiger partial charge in [-0.15, -0.1) is 0 Å². The Morgan fingerprint density at radius 3 is 3.00 bits per heavy atom. The number of nitro groups is 1. The highest BCUT2D eigenvalue weighted by Gasteiger charge is 2.12. The third-order valence-corrected chi connectivity index (χ3v) is 4.35. The van der Waals surface area contributed by atoms with E-state index in [1.807, 2.05) is 24.3 Å². The van der Waals surface area contributed by atoms with Crippen LogP contribution in [0, 0.1) is 10.1 Å². The van der Waals surface area contributed by atoms with Crippen LogP contribution in [0.25, 0.3) is 22.1 Å². The maximum atomic E-state index is 12.6. The van der Waals surface area contributed by atoms with Crippen LogP contribution in [0.3, 0.4) is 0 Å². The van der Waals surface area contributed by atoms with E-state index in [0.29, 0.717) is 15.1 Å². The molecule has 1 aliphatic rings. The highest BCUT2D eigenvalue weighted by molar-refractivity contribution is 7.15. The Morgan fingerprint density at radius 1 is 1.35 bits per heavy atom. The molecular weight excluding hydrogens is 314 g/mol. The van der Waals surface area contributed by atoms with Crippen LogP contribution in [0.15, 0.2) is 63.9 Å². The zero-order valence-corrected chi connectivity index (χ0v) is 12.3. The number of para-hydroxylation sites is 2. The van der Waals surface area contributed by atoms with Crippen molar-refractivity contribution in [1.82, 2.24) is 9.38 Å². The minimum Gasteiger partial charge on any atom is -0.267 e. The molecule has 0 radical (unpaired) electrons. The Kier molecular flexibility index (Phi) is 2.86. The van der Waals surface area contributed by atoms with E-state index in [9.17, 15) is 14.9 Å². The summed E-state index contributed by atoms with van der Waals surface area (Å²) >= 11 is 1.25. The predicted octanol–water partition coefficient (Wildman–Crippen LogP) is 1.82. The summed E-state index contributed by atoms with van der Waals surface area (Å²) in [6.45, 7) is 0. The van der Waals surface area contributed by atoms with Crippen LogP contribution in [0.4, 0.5) is 0 Å². The number of hydrogen-bond acceptors (Lipinski definition) is 5. The lowest BCUT2D eigenvalue weighted by atomic mass is 10.1. The Hall–Kier alpha value is -3.24. The van der Waals surface area contributed by atoms with Crippen LogP contribution in [0.2, 0.25) is 0 Å². The van der Waals surface area contributed by atoms with Gasteiger partial charge in [-0.1, -0.05) is 29.2 Å². The number of thiazole rings is 1. The molecule has 0 N–H and O–H groups in total. The predicted molar refractivity (Wildman–Crippen MR) is 86.7 cm³/mol. The number of imidazole rings is 1. The van der Waals surface area contributed by atoms with Gasteiger partial charge in [0, 0.05) is 11.8 Å². The van der Waals surface area contributed by atoms with Gasteiger partial charge in [0.2, 0.25) is 0 Å². The van der Waals surface area contributed by atoms with E-state index >= 15 is 0 Å². The largest absolute Gasteiger partial charge is 0.320 e. The Labute approximate surface area is 132 Å². The molecule has 0 amide bonds. The van der Waals surface area contributed by atoms with Crippen molar-refractivity contribution >= 4 is 33.4 Å². The van der Waals surface area contributed by atoms with Crippen molar-refractivity contribution in [2.45, 2.75) is 0 Å². The fourth-order valence-electron chi connectivity index (χ4n) is 2.37. The Morgan fingerprint density at radius 2 is 2.17 bits per heavy atom. The van der Waals surface area contributed by atoms with E-state index in [4.69, 9.17) is 0 Å². The van der Waals surface area contributed by atoms with Gasteiger partial charge in [-0.3, -0.25) is 14.9 Å². The molecule has 0 bridgehead atoms. The van der Waals surface area contributed by atoms with Gasteiger partial charge < -0.3 is 0 Å². The van der Waals surface area contributed by atoms with Crippen molar-refractivity contribution in [3.63, 3.8) is 0 Å². The number of benzene rings is 1. The lowest BCUT2D eigenvalue weighted by Gasteiger charge is -1.93. The summed E-state index contributed by atoms with van der Waals surface area (Å²) < 4.78 is 2.02. The van der Waals surface area contributed by atoms with Crippen LogP contribution in [-0.4, -0.2) is 14.3 Å². The molecule has 1 aromatic carbocycles. The van der Waals surface area contributed by atoms with Gasteiger partial charge in [-0.05, 0) is 29.9 Å². The van der Waals surface area contributed by atoms with Gasteiger partial charge in [-0.2, -0.15) is 0 Å². The first kappa shape index (κ1) is 13.4. The lowest BCUT2D eigenvalue weighted by Crippen LogP contribution is -2.22. The third-order valence-electron chi connectivity index (χ3n) is 3.38. The molecule has 7 heteroatoms. The van der Waals surface area contributed by atoms with E-state index in [0.717, 1.165) is 11.0 Å². The van der Waals surface area contributed by atoms with E-state index in [-0.39, 0.29) is 11.3 Å². The van der Waals surface area contributed by atoms with E-state index < -0.39 is 4.92 Å². The molecule has 0 aliphatic heterocycles. The normalized spacial score (nSPS) is 14.5. The molecule has 1 aliphatic carbocycles. The fraction of sp³-hybridized carbons (Fsp3) is 0. The minimum absolute atomic E-state index is 0.182. The Bertz CT molecular complexity index is 1230. The maximum Gasteiger partial charge on any atom is 0.320 e. The summed E-state index contributed by atoms with van der Waals surface area (Å²) in [5.74, 6) is 0. The number of nitrogens with zero attached hydrogens (tertiary/aromatic N) is 3. The second kappa shape index (κ2) is 4.90. The van der Waals surface area contributed by atoms with Crippen LogP contribution in [0.5, 0.6) is 0 Å². The number of allylic oxidation sites excluding steroid dienone is 3. The molecule has 110 valence electrons. The van der Waals surface area contributed by atoms with Gasteiger partial charge in [0.15, 0.2) is 4.96 Å². The summed E-state index contributed by atoms with van der Waals surface area (Å²) in [6.07, 6.45) is 4.51. The number of aromatic nitrogens is 2. The molecule has 6 nitrogen and oxygen atoms in total. The van der Waals surface area contributed by atoms with Crippen molar-refractivity contribution in [3.8, 4) is 0 Å². The van der Waals surface area contributed by atoms with E-state index in [2.05, 4.69) is 16.4 Å². The first-order chi connectivity index (χ1) is 11.1. The highest BCUT2D eigenvalue weighted by Crippen LogP contribution is 2.16. The highest BCUT2D eigenvalue weighted by atomic mass is 32.1. The van der Waals surface area contributed by atoms with Crippen molar-refractivity contribution in [2.24, 2.45) is 0 Å². The van der Waals surface area contributed by atoms with Crippen molar-refractivity contribution < 1.29 is 4.92 Å². The smallest absolute Gasteiger partial charge is 0.267 e. The zero-order valence-electron chi connectivity index (χ0n) is 11.5. The van der Waals surface area contributed by atoms with E-state index in [1.165, 1.54) is 17.4 Å². The Balaban J connectivity index is 1.93. The molecule has 2 heterocycles. The molecule has 0 fully saturated rings. The molecule has 0 saturated heterocycles. The second-order valence-corrected chi connectivity index (χ2v) is 5.84. The molecular formula is C16H7N3O3S.